The van der Waals surface area contributed by atoms with Crippen LogP contribution < -0.4 is 5.32 Å². The highest BCUT2D eigenvalue weighted by molar-refractivity contribution is 5.85. The summed E-state index contributed by atoms with van der Waals surface area (Å²) in [6.45, 7) is 0.0624. The van der Waals surface area contributed by atoms with E-state index < -0.39 is 5.60 Å². The maximum absolute atomic E-state index is 12.8. The number of aliphatic hydroxyl groups excluding tert-OH is 1. The molecule has 1 aliphatic heterocycles. The van der Waals surface area contributed by atoms with E-state index in [1.54, 1.807) is 7.05 Å². The van der Waals surface area contributed by atoms with Crippen molar-refractivity contribution in [1.82, 2.24) is 5.32 Å². The van der Waals surface area contributed by atoms with Crippen LogP contribution in [0.25, 0.3) is 0 Å². The second-order valence-corrected chi connectivity index (χ2v) is 7.48. The van der Waals surface area contributed by atoms with E-state index in [1.165, 1.54) is 25.7 Å². The normalized spacial score (nSPS) is 42.5. The first-order valence-electron chi connectivity index (χ1n) is 8.16. The summed E-state index contributed by atoms with van der Waals surface area (Å²) < 4.78 is 6.67. The summed E-state index contributed by atoms with van der Waals surface area (Å²) in [7, 11) is 1.75. The molecule has 2 N–H and O–H groups in total. The van der Waals surface area contributed by atoms with Crippen molar-refractivity contribution in [2.75, 3.05) is 13.7 Å². The molecule has 3 saturated carbocycles. The molecule has 4 aliphatic rings. The zero-order valence-corrected chi connectivity index (χ0v) is 12.3. The molecule has 0 aromatic heterocycles. The fraction of sp³-hybridized carbons (Fsp3) is 0.938. The highest BCUT2D eigenvalue weighted by Gasteiger charge is 2.76. The molecule has 4 rings (SSSR count). The lowest BCUT2D eigenvalue weighted by molar-refractivity contribution is -0.169. The van der Waals surface area contributed by atoms with Gasteiger partial charge in [0.15, 0.2) is 0 Å². The standard InChI is InChI=1S/C16H25NO3/c1-17-13(19)15-8-2-7-14(9-15,10-18)20-16(15,11-3-4-11)12-5-6-12/h11-12,18H,2-10H2,1H3,(H,17,19). The van der Waals surface area contributed by atoms with E-state index in [0.29, 0.717) is 11.8 Å². The Bertz CT molecular complexity index is 431. The van der Waals surface area contributed by atoms with Gasteiger partial charge in [-0.15, -0.1) is 0 Å². The van der Waals surface area contributed by atoms with E-state index >= 15 is 0 Å². The molecule has 2 bridgehead atoms. The molecule has 112 valence electrons. The molecule has 4 nitrogen and oxygen atoms in total. The summed E-state index contributed by atoms with van der Waals surface area (Å²) >= 11 is 0. The minimum atomic E-state index is -0.448. The molecule has 4 heteroatoms. The predicted molar refractivity (Wildman–Crippen MR) is 74.0 cm³/mol. The quantitative estimate of drug-likeness (QED) is 0.822. The van der Waals surface area contributed by atoms with E-state index in [9.17, 15) is 9.90 Å². The van der Waals surface area contributed by atoms with Gasteiger partial charge in [0.1, 0.15) is 0 Å². The zero-order chi connectivity index (χ0) is 14.0. The van der Waals surface area contributed by atoms with Crippen molar-refractivity contribution >= 4 is 5.91 Å². The molecule has 1 heterocycles. The zero-order valence-electron chi connectivity index (χ0n) is 12.3. The second kappa shape index (κ2) is 3.98. The van der Waals surface area contributed by atoms with Crippen LogP contribution in [-0.2, 0) is 9.53 Å². The SMILES string of the molecule is CNC(=O)C12CCCC(CO)(C1)OC2(C1CC1)C1CC1. The van der Waals surface area contributed by atoms with Crippen LogP contribution in [0.2, 0.25) is 0 Å². The van der Waals surface area contributed by atoms with Crippen molar-refractivity contribution < 1.29 is 14.6 Å². The number of carbonyl (C=O) groups is 1. The van der Waals surface area contributed by atoms with Crippen molar-refractivity contribution in [3.05, 3.63) is 0 Å². The van der Waals surface area contributed by atoms with Crippen molar-refractivity contribution in [1.29, 1.82) is 0 Å². The van der Waals surface area contributed by atoms with E-state index in [0.717, 1.165) is 25.7 Å². The lowest BCUT2D eigenvalue weighted by Gasteiger charge is -2.44. The summed E-state index contributed by atoms with van der Waals surface area (Å²) in [4.78, 5) is 12.8. The topological polar surface area (TPSA) is 58.6 Å². The van der Waals surface area contributed by atoms with Crippen LogP contribution in [0.15, 0.2) is 0 Å². The summed E-state index contributed by atoms with van der Waals surface area (Å²) in [5, 5.41) is 12.8. The summed E-state index contributed by atoms with van der Waals surface area (Å²) in [5.74, 6) is 1.24. The number of amides is 1. The van der Waals surface area contributed by atoms with Crippen molar-refractivity contribution in [2.24, 2.45) is 17.3 Å². The third-order valence-electron chi connectivity index (χ3n) is 6.31. The largest absolute Gasteiger partial charge is 0.393 e. The van der Waals surface area contributed by atoms with Gasteiger partial charge in [0.25, 0.3) is 0 Å². The van der Waals surface area contributed by atoms with E-state index in [4.69, 9.17) is 4.74 Å². The fourth-order valence-electron chi connectivity index (χ4n) is 5.40. The van der Waals surface area contributed by atoms with Gasteiger partial charge >= 0.3 is 0 Å². The van der Waals surface area contributed by atoms with Gasteiger partial charge in [0, 0.05) is 7.05 Å². The number of carbonyl (C=O) groups excluding carboxylic acids is 1. The van der Waals surface area contributed by atoms with Crippen LogP contribution >= 0.6 is 0 Å². The lowest BCUT2D eigenvalue weighted by atomic mass is 9.59. The third-order valence-corrected chi connectivity index (χ3v) is 6.31. The molecular weight excluding hydrogens is 254 g/mol. The van der Waals surface area contributed by atoms with E-state index in [1.807, 2.05) is 0 Å². The maximum Gasteiger partial charge on any atom is 0.229 e. The average Bonchev–Trinajstić information content (AvgIpc) is 3.36. The first-order chi connectivity index (χ1) is 9.62. The molecule has 0 aromatic rings. The van der Waals surface area contributed by atoms with Gasteiger partial charge in [0.05, 0.1) is 23.2 Å². The average molecular weight is 279 g/mol. The molecule has 0 aromatic carbocycles. The maximum atomic E-state index is 12.8. The smallest absolute Gasteiger partial charge is 0.229 e. The van der Waals surface area contributed by atoms with Crippen LogP contribution in [0.3, 0.4) is 0 Å². The minimum absolute atomic E-state index is 0.0624. The predicted octanol–water partition coefficient (Wildman–Crippen LogP) is 1.61. The molecular formula is C16H25NO3. The van der Waals surface area contributed by atoms with Gasteiger partial charge in [-0.05, 0) is 63.2 Å². The lowest BCUT2D eigenvalue weighted by Crippen LogP contribution is -2.56. The van der Waals surface area contributed by atoms with Crippen molar-refractivity contribution in [3.63, 3.8) is 0 Å². The Hall–Kier alpha value is -0.610. The van der Waals surface area contributed by atoms with Gasteiger partial charge in [-0.3, -0.25) is 4.79 Å². The number of rotatable bonds is 4. The van der Waals surface area contributed by atoms with Crippen LogP contribution in [0.4, 0.5) is 0 Å². The van der Waals surface area contributed by atoms with Crippen LogP contribution in [0.1, 0.15) is 51.4 Å². The Kier molecular flexibility index (Phi) is 2.60. The van der Waals surface area contributed by atoms with Crippen LogP contribution in [0.5, 0.6) is 0 Å². The third kappa shape index (κ3) is 1.42. The van der Waals surface area contributed by atoms with Gasteiger partial charge in [-0.1, -0.05) is 0 Å². The molecule has 0 spiro atoms. The number of nitrogens with one attached hydrogen (secondary N) is 1. The molecule has 2 unspecified atom stereocenters. The first kappa shape index (κ1) is 13.1. The van der Waals surface area contributed by atoms with Crippen molar-refractivity contribution in [3.8, 4) is 0 Å². The number of fused-ring (bicyclic) bond motifs is 2. The van der Waals surface area contributed by atoms with Gasteiger partial charge in [-0.2, -0.15) is 0 Å². The summed E-state index contributed by atoms with van der Waals surface area (Å²) in [6.07, 6.45) is 8.32. The number of hydrogen-bond donors (Lipinski definition) is 2. The highest BCUT2D eigenvalue weighted by atomic mass is 16.5. The molecule has 2 atom stereocenters. The number of aliphatic hydroxyl groups is 1. The molecule has 1 saturated heterocycles. The monoisotopic (exact) mass is 279 g/mol. The van der Waals surface area contributed by atoms with Crippen LogP contribution in [0, 0.1) is 17.3 Å². The summed E-state index contributed by atoms with van der Waals surface area (Å²) in [6, 6.07) is 0. The first-order valence-corrected chi connectivity index (χ1v) is 8.16. The molecule has 0 radical (unpaired) electrons. The Morgan fingerprint density at radius 1 is 1.25 bits per heavy atom. The molecule has 4 fully saturated rings. The van der Waals surface area contributed by atoms with E-state index in [-0.39, 0.29) is 23.5 Å². The molecule has 3 aliphatic carbocycles. The molecule has 1 amide bonds. The fourth-order valence-corrected chi connectivity index (χ4v) is 5.40. The Labute approximate surface area is 120 Å². The number of hydrogen-bond acceptors (Lipinski definition) is 3. The van der Waals surface area contributed by atoms with Crippen molar-refractivity contribution in [2.45, 2.75) is 62.6 Å². The van der Waals surface area contributed by atoms with Gasteiger partial charge in [0.2, 0.25) is 5.91 Å². The Balaban J connectivity index is 1.84. The summed E-state index contributed by atoms with van der Waals surface area (Å²) in [5.41, 5.74) is -1.10. The van der Waals surface area contributed by atoms with Gasteiger partial charge in [-0.25, -0.2) is 0 Å². The van der Waals surface area contributed by atoms with Gasteiger partial charge < -0.3 is 15.2 Å². The Morgan fingerprint density at radius 3 is 2.40 bits per heavy atom. The van der Waals surface area contributed by atoms with Crippen LogP contribution in [-0.4, -0.2) is 35.9 Å². The highest BCUT2D eigenvalue weighted by Crippen LogP contribution is 2.71. The number of ether oxygens (including phenoxy) is 1. The second-order valence-electron chi connectivity index (χ2n) is 7.48. The molecule has 20 heavy (non-hydrogen) atoms. The Morgan fingerprint density at radius 2 is 1.90 bits per heavy atom. The van der Waals surface area contributed by atoms with E-state index in [2.05, 4.69) is 5.32 Å². The minimum Gasteiger partial charge on any atom is -0.393 e.